The van der Waals surface area contributed by atoms with E-state index >= 15 is 0 Å². The number of nitrogens with zero attached hydrogens (tertiary/aromatic N) is 2. The second-order valence-corrected chi connectivity index (χ2v) is 2.17. The van der Waals surface area contributed by atoms with Crippen molar-refractivity contribution < 1.29 is 4.74 Å². The van der Waals surface area contributed by atoms with Gasteiger partial charge in [0.2, 0.25) is 0 Å². The molecule has 0 saturated heterocycles. The van der Waals surface area contributed by atoms with Crippen LogP contribution in [-0.4, -0.2) is 24.9 Å². The fraction of sp³-hybridized carbons (Fsp3) is 0.667. The highest BCUT2D eigenvalue weighted by molar-refractivity contribution is 5.93. The van der Waals surface area contributed by atoms with Crippen LogP contribution < -0.4 is 5.43 Å². The Morgan fingerprint density at radius 2 is 2.20 bits per heavy atom. The molecule has 0 bridgehead atoms. The summed E-state index contributed by atoms with van der Waals surface area (Å²) in [5.74, 6) is 0.789. The van der Waals surface area contributed by atoms with Gasteiger partial charge in [0.05, 0.1) is 5.71 Å². The highest BCUT2D eigenvalue weighted by Crippen LogP contribution is 1.99. The molecule has 1 atom stereocenters. The predicted octanol–water partition coefficient (Wildman–Crippen LogP) is 0.356. The van der Waals surface area contributed by atoms with Crippen molar-refractivity contribution in [3.63, 3.8) is 0 Å². The first-order valence-corrected chi connectivity index (χ1v) is 3.11. The fourth-order valence-corrected chi connectivity index (χ4v) is 0.746. The van der Waals surface area contributed by atoms with E-state index in [1.165, 1.54) is 0 Å². The number of hydrogen-bond acceptors (Lipinski definition) is 4. The molecule has 0 saturated carbocycles. The van der Waals surface area contributed by atoms with Crippen molar-refractivity contribution in [1.29, 1.82) is 0 Å². The standard InChI is InChI=1S/C6H11N3O/c1-4-6(10-3)7-5(2)9-8-4/h6H,1-3H3,(H,7,9). The van der Waals surface area contributed by atoms with Crippen LogP contribution in [0.2, 0.25) is 0 Å². The molecule has 1 aliphatic heterocycles. The molecule has 10 heavy (non-hydrogen) atoms. The van der Waals surface area contributed by atoms with Crippen LogP contribution in [0.1, 0.15) is 13.8 Å². The van der Waals surface area contributed by atoms with Gasteiger partial charge in [0.1, 0.15) is 5.84 Å². The Morgan fingerprint density at radius 1 is 1.50 bits per heavy atom. The molecular formula is C6H11N3O. The van der Waals surface area contributed by atoms with E-state index in [1.54, 1.807) is 7.11 Å². The zero-order valence-corrected chi connectivity index (χ0v) is 6.38. The minimum Gasteiger partial charge on any atom is -0.354 e. The lowest BCUT2D eigenvalue weighted by atomic mass is 10.3. The van der Waals surface area contributed by atoms with Crippen molar-refractivity contribution in [1.82, 2.24) is 5.43 Å². The molecule has 0 amide bonds. The number of hydrogen-bond donors (Lipinski definition) is 1. The number of methoxy groups -OCH3 is 1. The monoisotopic (exact) mass is 141 g/mol. The maximum Gasteiger partial charge on any atom is 0.190 e. The van der Waals surface area contributed by atoms with E-state index in [0.29, 0.717) is 0 Å². The third kappa shape index (κ3) is 1.33. The topological polar surface area (TPSA) is 46.0 Å². The molecule has 0 aromatic rings. The lowest BCUT2D eigenvalue weighted by Crippen LogP contribution is -2.30. The van der Waals surface area contributed by atoms with Gasteiger partial charge in [-0.25, -0.2) is 4.99 Å². The van der Waals surface area contributed by atoms with Gasteiger partial charge in [0.25, 0.3) is 0 Å². The summed E-state index contributed by atoms with van der Waals surface area (Å²) in [4.78, 5) is 4.13. The molecule has 0 radical (unpaired) electrons. The number of nitrogens with one attached hydrogen (secondary N) is 1. The number of ether oxygens (including phenoxy) is 1. The van der Waals surface area contributed by atoms with Crippen LogP contribution in [0.15, 0.2) is 10.1 Å². The first kappa shape index (κ1) is 7.21. The lowest BCUT2D eigenvalue weighted by Gasteiger charge is -2.16. The van der Waals surface area contributed by atoms with Crippen molar-refractivity contribution >= 4 is 11.5 Å². The summed E-state index contributed by atoms with van der Waals surface area (Å²) in [7, 11) is 1.62. The van der Waals surface area contributed by atoms with Crippen LogP contribution in [0, 0.1) is 0 Å². The van der Waals surface area contributed by atoms with E-state index in [-0.39, 0.29) is 6.23 Å². The number of rotatable bonds is 1. The molecule has 4 nitrogen and oxygen atoms in total. The van der Waals surface area contributed by atoms with E-state index < -0.39 is 0 Å². The van der Waals surface area contributed by atoms with Crippen LogP contribution in [0.3, 0.4) is 0 Å². The Hall–Kier alpha value is -0.900. The summed E-state index contributed by atoms with van der Waals surface area (Å²) in [5.41, 5.74) is 3.61. The molecule has 0 fully saturated rings. The van der Waals surface area contributed by atoms with Crippen LogP contribution in [0.25, 0.3) is 0 Å². The molecule has 0 spiro atoms. The minimum atomic E-state index is -0.193. The van der Waals surface area contributed by atoms with Gasteiger partial charge >= 0.3 is 0 Å². The number of aliphatic imine (C=N–C) groups is 1. The van der Waals surface area contributed by atoms with Crippen molar-refractivity contribution in [3.8, 4) is 0 Å². The van der Waals surface area contributed by atoms with Gasteiger partial charge in [-0.3, -0.25) is 5.43 Å². The molecule has 56 valence electrons. The maximum atomic E-state index is 5.02. The smallest absolute Gasteiger partial charge is 0.190 e. The van der Waals surface area contributed by atoms with Crippen molar-refractivity contribution in [3.05, 3.63) is 0 Å². The van der Waals surface area contributed by atoms with E-state index in [0.717, 1.165) is 11.5 Å². The Morgan fingerprint density at radius 3 is 2.70 bits per heavy atom. The number of hydrazone groups is 1. The van der Waals surface area contributed by atoms with Crippen LogP contribution in [0.4, 0.5) is 0 Å². The zero-order valence-electron chi connectivity index (χ0n) is 6.38. The van der Waals surface area contributed by atoms with Gasteiger partial charge in [0, 0.05) is 7.11 Å². The first-order valence-electron chi connectivity index (χ1n) is 3.11. The Kier molecular flexibility index (Phi) is 2.01. The van der Waals surface area contributed by atoms with Crippen LogP contribution in [-0.2, 0) is 4.74 Å². The SMILES string of the molecule is COC1N=C(C)NN=C1C. The summed E-state index contributed by atoms with van der Waals surface area (Å²) in [6.07, 6.45) is -0.193. The highest BCUT2D eigenvalue weighted by atomic mass is 16.5. The van der Waals surface area contributed by atoms with Crippen molar-refractivity contribution in [2.45, 2.75) is 20.1 Å². The fourth-order valence-electron chi connectivity index (χ4n) is 0.746. The van der Waals surface area contributed by atoms with Gasteiger partial charge in [-0.05, 0) is 13.8 Å². The molecule has 4 heteroatoms. The van der Waals surface area contributed by atoms with Crippen molar-refractivity contribution in [2.24, 2.45) is 10.1 Å². The molecule has 1 N–H and O–H groups in total. The zero-order chi connectivity index (χ0) is 7.56. The van der Waals surface area contributed by atoms with E-state index in [2.05, 4.69) is 15.5 Å². The Bertz CT molecular complexity index is 185. The van der Waals surface area contributed by atoms with Crippen molar-refractivity contribution in [2.75, 3.05) is 7.11 Å². The Balaban J connectivity index is 2.68. The molecule has 1 unspecified atom stereocenters. The minimum absolute atomic E-state index is 0.193. The summed E-state index contributed by atoms with van der Waals surface area (Å²) < 4.78 is 5.02. The van der Waals surface area contributed by atoms with Gasteiger partial charge < -0.3 is 4.74 Å². The summed E-state index contributed by atoms with van der Waals surface area (Å²) in [6.45, 7) is 3.72. The predicted molar refractivity (Wildman–Crippen MR) is 40.2 cm³/mol. The average molecular weight is 141 g/mol. The normalized spacial score (nSPS) is 24.9. The Labute approximate surface area is 60.0 Å². The second-order valence-electron chi connectivity index (χ2n) is 2.17. The molecule has 1 aliphatic rings. The third-order valence-electron chi connectivity index (χ3n) is 1.29. The molecule has 0 aliphatic carbocycles. The molecule has 0 aromatic heterocycles. The van der Waals surface area contributed by atoms with Gasteiger partial charge in [-0.1, -0.05) is 0 Å². The van der Waals surface area contributed by atoms with Crippen LogP contribution in [0.5, 0.6) is 0 Å². The van der Waals surface area contributed by atoms with Crippen LogP contribution >= 0.6 is 0 Å². The van der Waals surface area contributed by atoms with Gasteiger partial charge in [0.15, 0.2) is 6.23 Å². The molecule has 0 aromatic carbocycles. The van der Waals surface area contributed by atoms with E-state index in [1.807, 2.05) is 13.8 Å². The summed E-state index contributed by atoms with van der Waals surface area (Å²) >= 11 is 0. The number of amidine groups is 1. The summed E-state index contributed by atoms with van der Waals surface area (Å²) in [6, 6.07) is 0. The average Bonchev–Trinajstić information content (AvgIpc) is 1.94. The first-order chi connectivity index (χ1) is 4.74. The van der Waals surface area contributed by atoms with Gasteiger partial charge in [-0.2, -0.15) is 5.10 Å². The second kappa shape index (κ2) is 2.79. The van der Waals surface area contributed by atoms with E-state index in [9.17, 15) is 0 Å². The summed E-state index contributed by atoms with van der Waals surface area (Å²) in [5, 5.41) is 3.97. The quantitative estimate of drug-likeness (QED) is 0.573. The largest absolute Gasteiger partial charge is 0.354 e. The molecule has 1 heterocycles. The lowest BCUT2D eigenvalue weighted by molar-refractivity contribution is 0.160. The maximum absolute atomic E-state index is 5.02. The molecule has 1 rings (SSSR count). The third-order valence-corrected chi connectivity index (χ3v) is 1.29. The molecular weight excluding hydrogens is 130 g/mol. The highest BCUT2D eigenvalue weighted by Gasteiger charge is 2.12. The van der Waals surface area contributed by atoms with Gasteiger partial charge in [-0.15, -0.1) is 0 Å². The van der Waals surface area contributed by atoms with E-state index in [4.69, 9.17) is 4.74 Å².